The SMILES string of the molecule is CC1(C)CC(O)C[N+]2(CCS(=O)(=O)CC2)C1.[Cl-]. The van der Waals surface area contributed by atoms with Crippen molar-refractivity contribution in [3.63, 3.8) is 0 Å². The number of rotatable bonds is 0. The van der Waals surface area contributed by atoms with Gasteiger partial charge in [0, 0.05) is 5.41 Å². The fourth-order valence-corrected chi connectivity index (χ4v) is 4.94. The minimum atomic E-state index is -2.81. The molecule has 102 valence electrons. The Bertz CT molecular complexity index is 366. The fourth-order valence-electron chi connectivity index (χ4n) is 3.41. The normalized spacial score (nSPS) is 33.9. The van der Waals surface area contributed by atoms with E-state index in [1.54, 1.807) is 0 Å². The van der Waals surface area contributed by atoms with E-state index in [9.17, 15) is 13.5 Å². The number of nitrogens with zero attached hydrogens (tertiary/aromatic N) is 1. The highest BCUT2D eigenvalue weighted by molar-refractivity contribution is 7.91. The maximum Gasteiger partial charge on any atom is 0.161 e. The van der Waals surface area contributed by atoms with E-state index in [-0.39, 0.29) is 35.4 Å². The number of hydrogen-bond acceptors (Lipinski definition) is 3. The van der Waals surface area contributed by atoms with Crippen LogP contribution in [0.3, 0.4) is 0 Å². The van der Waals surface area contributed by atoms with Gasteiger partial charge in [-0.1, -0.05) is 13.8 Å². The average Bonchev–Trinajstić information content (AvgIpc) is 2.08. The molecule has 0 radical (unpaired) electrons. The van der Waals surface area contributed by atoms with Crippen LogP contribution in [0.4, 0.5) is 0 Å². The maximum atomic E-state index is 11.4. The Morgan fingerprint density at radius 3 is 2.24 bits per heavy atom. The summed E-state index contributed by atoms with van der Waals surface area (Å²) >= 11 is 0. The van der Waals surface area contributed by atoms with Crippen molar-refractivity contribution in [3.8, 4) is 0 Å². The third kappa shape index (κ3) is 3.56. The third-order valence-corrected chi connectivity index (χ3v) is 5.51. The second-order valence-corrected chi connectivity index (χ2v) is 8.61. The lowest BCUT2D eigenvalue weighted by Crippen LogP contribution is -3.00. The molecule has 0 aromatic heterocycles. The van der Waals surface area contributed by atoms with Crippen molar-refractivity contribution in [2.24, 2.45) is 5.41 Å². The lowest BCUT2D eigenvalue weighted by Gasteiger charge is -2.50. The van der Waals surface area contributed by atoms with E-state index in [2.05, 4.69) is 13.8 Å². The topological polar surface area (TPSA) is 54.4 Å². The number of halogens is 1. The van der Waals surface area contributed by atoms with Crippen LogP contribution in [0.15, 0.2) is 0 Å². The van der Waals surface area contributed by atoms with Gasteiger partial charge in [-0.2, -0.15) is 0 Å². The molecule has 0 bridgehead atoms. The molecule has 0 aromatic carbocycles. The molecule has 2 rings (SSSR count). The Kier molecular flexibility index (Phi) is 4.19. The first-order valence-electron chi connectivity index (χ1n) is 5.96. The molecule has 0 aromatic rings. The van der Waals surface area contributed by atoms with Crippen molar-refractivity contribution in [1.29, 1.82) is 0 Å². The number of aliphatic hydroxyl groups excluding tert-OH is 1. The van der Waals surface area contributed by atoms with E-state index < -0.39 is 9.84 Å². The summed E-state index contributed by atoms with van der Waals surface area (Å²) in [6.45, 7) is 7.43. The Balaban J connectivity index is 0.00000144. The van der Waals surface area contributed by atoms with Crippen molar-refractivity contribution in [2.75, 3.05) is 37.7 Å². The Labute approximate surface area is 110 Å². The first-order chi connectivity index (χ1) is 7.22. The van der Waals surface area contributed by atoms with Crippen molar-refractivity contribution < 1.29 is 30.4 Å². The van der Waals surface area contributed by atoms with Crippen LogP contribution in [-0.2, 0) is 9.84 Å². The molecule has 1 spiro atoms. The van der Waals surface area contributed by atoms with Gasteiger partial charge in [-0.25, -0.2) is 8.42 Å². The summed E-state index contributed by atoms with van der Waals surface area (Å²) in [6.07, 6.45) is 0.560. The molecule has 2 aliphatic heterocycles. The van der Waals surface area contributed by atoms with E-state index in [1.807, 2.05) is 0 Å². The predicted octanol–water partition coefficient (Wildman–Crippen LogP) is -2.97. The van der Waals surface area contributed by atoms with E-state index in [0.717, 1.165) is 24.0 Å². The molecule has 0 saturated carbocycles. The van der Waals surface area contributed by atoms with Gasteiger partial charge in [0.2, 0.25) is 0 Å². The van der Waals surface area contributed by atoms with Gasteiger partial charge < -0.3 is 22.0 Å². The lowest BCUT2D eigenvalue weighted by atomic mass is 9.81. The van der Waals surface area contributed by atoms with Gasteiger partial charge in [-0.05, 0) is 6.42 Å². The summed E-state index contributed by atoms with van der Waals surface area (Å²) in [5.74, 6) is 0.575. The molecule has 1 unspecified atom stereocenters. The fraction of sp³-hybridized carbons (Fsp3) is 1.00. The molecule has 1 atom stereocenters. The monoisotopic (exact) mass is 283 g/mol. The first kappa shape index (κ1) is 15.2. The lowest BCUT2D eigenvalue weighted by molar-refractivity contribution is -0.939. The molecule has 4 nitrogen and oxygen atoms in total. The molecule has 17 heavy (non-hydrogen) atoms. The summed E-state index contributed by atoms with van der Waals surface area (Å²) in [4.78, 5) is 0. The summed E-state index contributed by atoms with van der Waals surface area (Å²) < 4.78 is 23.7. The Morgan fingerprint density at radius 1 is 1.24 bits per heavy atom. The van der Waals surface area contributed by atoms with Crippen molar-refractivity contribution in [1.82, 2.24) is 0 Å². The van der Waals surface area contributed by atoms with Gasteiger partial charge in [-0.15, -0.1) is 0 Å². The van der Waals surface area contributed by atoms with Crippen LogP contribution < -0.4 is 12.4 Å². The summed E-state index contributed by atoms with van der Waals surface area (Å²) in [5.41, 5.74) is 0.124. The van der Waals surface area contributed by atoms with Crippen LogP contribution in [-0.4, -0.2) is 61.8 Å². The van der Waals surface area contributed by atoms with Crippen LogP contribution >= 0.6 is 0 Å². The number of piperidine rings is 1. The van der Waals surface area contributed by atoms with E-state index in [4.69, 9.17) is 0 Å². The van der Waals surface area contributed by atoms with Gasteiger partial charge in [0.1, 0.15) is 12.6 Å². The van der Waals surface area contributed by atoms with Crippen molar-refractivity contribution in [3.05, 3.63) is 0 Å². The van der Waals surface area contributed by atoms with Crippen molar-refractivity contribution >= 4 is 9.84 Å². The quantitative estimate of drug-likeness (QED) is 0.483. The van der Waals surface area contributed by atoms with Crippen molar-refractivity contribution in [2.45, 2.75) is 26.4 Å². The summed E-state index contributed by atoms with van der Waals surface area (Å²) in [5, 5.41) is 9.93. The molecular formula is C11H22ClNO3S. The third-order valence-electron chi connectivity index (χ3n) is 3.90. The Morgan fingerprint density at radius 2 is 1.76 bits per heavy atom. The molecular weight excluding hydrogens is 262 g/mol. The zero-order chi connectivity index (χ0) is 12.0. The van der Waals surface area contributed by atoms with Gasteiger partial charge >= 0.3 is 0 Å². The molecule has 2 heterocycles. The minimum Gasteiger partial charge on any atom is -1.00 e. The van der Waals surface area contributed by atoms with E-state index in [0.29, 0.717) is 13.1 Å². The van der Waals surface area contributed by atoms with Gasteiger partial charge in [0.25, 0.3) is 0 Å². The molecule has 1 N–H and O–H groups in total. The highest BCUT2D eigenvalue weighted by Crippen LogP contribution is 2.34. The van der Waals surface area contributed by atoms with Crippen LogP contribution in [0.5, 0.6) is 0 Å². The Hall–Kier alpha value is 0.160. The van der Waals surface area contributed by atoms with Gasteiger partial charge in [0.05, 0.1) is 31.1 Å². The highest BCUT2D eigenvalue weighted by atomic mass is 35.5. The molecule has 6 heteroatoms. The zero-order valence-electron chi connectivity index (χ0n) is 10.5. The smallest absolute Gasteiger partial charge is 0.161 e. The van der Waals surface area contributed by atoms with E-state index in [1.165, 1.54) is 0 Å². The minimum absolute atomic E-state index is 0. The first-order valence-corrected chi connectivity index (χ1v) is 7.78. The predicted molar refractivity (Wildman–Crippen MR) is 62.8 cm³/mol. The average molecular weight is 284 g/mol. The number of aliphatic hydroxyl groups is 1. The molecule has 2 aliphatic rings. The van der Waals surface area contributed by atoms with Crippen LogP contribution in [0.2, 0.25) is 0 Å². The largest absolute Gasteiger partial charge is 1.00 e. The number of sulfone groups is 1. The van der Waals surface area contributed by atoms with Crippen LogP contribution in [0.25, 0.3) is 0 Å². The standard InChI is InChI=1S/C11H22NO3S.ClH/c1-11(2)7-10(13)8-12(9-11)3-5-16(14,15)6-4-12;/h10,13H,3-9H2,1-2H3;1H/q+1;/p-1. The molecule has 2 saturated heterocycles. The maximum absolute atomic E-state index is 11.4. The number of hydrogen-bond donors (Lipinski definition) is 1. The van der Waals surface area contributed by atoms with Gasteiger partial charge in [0.15, 0.2) is 9.84 Å². The molecule has 2 fully saturated rings. The zero-order valence-corrected chi connectivity index (χ0v) is 12.1. The van der Waals surface area contributed by atoms with E-state index >= 15 is 0 Å². The van der Waals surface area contributed by atoms with Gasteiger partial charge in [-0.3, -0.25) is 0 Å². The second kappa shape index (κ2) is 4.68. The molecule has 0 aliphatic carbocycles. The van der Waals surface area contributed by atoms with Crippen LogP contribution in [0, 0.1) is 5.41 Å². The molecule has 0 amide bonds. The highest BCUT2D eigenvalue weighted by Gasteiger charge is 2.46. The summed E-state index contributed by atoms with van der Waals surface area (Å²) in [6, 6.07) is 0. The van der Waals surface area contributed by atoms with Crippen LogP contribution in [0.1, 0.15) is 20.3 Å². The second-order valence-electron chi connectivity index (χ2n) is 6.30. The number of quaternary nitrogens is 1. The summed E-state index contributed by atoms with van der Waals surface area (Å²) in [7, 11) is -2.81.